The summed E-state index contributed by atoms with van der Waals surface area (Å²) in [5.74, 6) is 1.62. The van der Waals surface area contributed by atoms with Crippen LogP contribution in [-0.2, 0) is 0 Å². The van der Waals surface area contributed by atoms with Crippen LogP contribution in [0.2, 0.25) is 0 Å². The van der Waals surface area contributed by atoms with Crippen molar-refractivity contribution in [3.05, 3.63) is 54.2 Å². The SMILES string of the molecule is CC(C)CN1CCCCC1c1ccc(Nc2ccccc2)nc1. The number of nitrogens with zero attached hydrogens (tertiary/aromatic N) is 2. The van der Waals surface area contributed by atoms with Crippen LogP contribution in [0.3, 0.4) is 0 Å². The second-order valence-corrected chi connectivity index (χ2v) is 6.87. The Labute approximate surface area is 139 Å². The van der Waals surface area contributed by atoms with Gasteiger partial charge in [0.25, 0.3) is 0 Å². The molecule has 1 aliphatic heterocycles. The molecule has 1 fully saturated rings. The summed E-state index contributed by atoms with van der Waals surface area (Å²) in [5, 5.41) is 3.35. The third-order valence-electron chi connectivity index (χ3n) is 4.43. The molecule has 122 valence electrons. The third kappa shape index (κ3) is 4.32. The van der Waals surface area contributed by atoms with Crippen LogP contribution < -0.4 is 5.32 Å². The lowest BCUT2D eigenvalue weighted by Crippen LogP contribution is -2.36. The van der Waals surface area contributed by atoms with Crippen LogP contribution in [0, 0.1) is 5.92 Å². The molecule has 1 N–H and O–H groups in total. The van der Waals surface area contributed by atoms with E-state index in [1.54, 1.807) is 0 Å². The van der Waals surface area contributed by atoms with Gasteiger partial charge in [0, 0.05) is 24.5 Å². The lowest BCUT2D eigenvalue weighted by Gasteiger charge is -2.37. The molecule has 3 heteroatoms. The van der Waals surface area contributed by atoms with Crippen molar-refractivity contribution in [1.82, 2.24) is 9.88 Å². The summed E-state index contributed by atoms with van der Waals surface area (Å²) in [7, 11) is 0. The van der Waals surface area contributed by atoms with Crippen LogP contribution in [-0.4, -0.2) is 23.0 Å². The van der Waals surface area contributed by atoms with Gasteiger partial charge >= 0.3 is 0 Å². The van der Waals surface area contributed by atoms with Crippen molar-refractivity contribution in [1.29, 1.82) is 0 Å². The molecule has 1 aliphatic rings. The van der Waals surface area contributed by atoms with Crippen molar-refractivity contribution in [3.63, 3.8) is 0 Å². The molecule has 1 unspecified atom stereocenters. The van der Waals surface area contributed by atoms with E-state index >= 15 is 0 Å². The van der Waals surface area contributed by atoms with Crippen LogP contribution in [0.1, 0.15) is 44.7 Å². The minimum Gasteiger partial charge on any atom is -0.340 e. The number of anilines is 2. The molecule has 1 atom stereocenters. The maximum absolute atomic E-state index is 4.62. The molecule has 0 amide bonds. The van der Waals surface area contributed by atoms with E-state index in [1.807, 2.05) is 18.2 Å². The van der Waals surface area contributed by atoms with Gasteiger partial charge in [-0.25, -0.2) is 4.98 Å². The quantitative estimate of drug-likeness (QED) is 0.841. The van der Waals surface area contributed by atoms with Crippen LogP contribution in [0.15, 0.2) is 48.7 Å². The largest absolute Gasteiger partial charge is 0.340 e. The highest BCUT2D eigenvalue weighted by atomic mass is 15.2. The van der Waals surface area contributed by atoms with E-state index in [9.17, 15) is 0 Å². The first-order valence-corrected chi connectivity index (χ1v) is 8.74. The van der Waals surface area contributed by atoms with Gasteiger partial charge in [-0.1, -0.05) is 44.5 Å². The molecule has 0 bridgehead atoms. The molecule has 0 aliphatic carbocycles. The zero-order chi connectivity index (χ0) is 16.1. The summed E-state index contributed by atoms with van der Waals surface area (Å²) in [5.41, 5.74) is 2.43. The van der Waals surface area contributed by atoms with Crippen molar-refractivity contribution < 1.29 is 0 Å². The van der Waals surface area contributed by atoms with Crippen LogP contribution in [0.5, 0.6) is 0 Å². The first-order valence-electron chi connectivity index (χ1n) is 8.74. The number of hydrogen-bond acceptors (Lipinski definition) is 3. The van der Waals surface area contributed by atoms with Crippen LogP contribution >= 0.6 is 0 Å². The Kier molecular flexibility index (Phi) is 5.29. The lowest BCUT2D eigenvalue weighted by atomic mass is 9.95. The minimum atomic E-state index is 0.532. The van der Waals surface area contributed by atoms with Crippen molar-refractivity contribution in [3.8, 4) is 0 Å². The molecule has 0 spiro atoms. The Bertz CT molecular complexity index is 592. The first-order chi connectivity index (χ1) is 11.2. The smallest absolute Gasteiger partial charge is 0.130 e. The molecular weight excluding hydrogens is 282 g/mol. The Morgan fingerprint density at radius 1 is 1.13 bits per heavy atom. The van der Waals surface area contributed by atoms with Gasteiger partial charge in [-0.3, -0.25) is 4.90 Å². The minimum absolute atomic E-state index is 0.532. The molecule has 3 nitrogen and oxygen atoms in total. The fourth-order valence-corrected chi connectivity index (χ4v) is 3.40. The predicted octanol–water partition coefficient (Wildman–Crippen LogP) is 5.01. The zero-order valence-electron chi connectivity index (χ0n) is 14.2. The summed E-state index contributed by atoms with van der Waals surface area (Å²) in [4.78, 5) is 7.26. The molecule has 3 rings (SSSR count). The second-order valence-electron chi connectivity index (χ2n) is 6.87. The molecule has 2 heterocycles. The number of benzene rings is 1. The normalized spacial score (nSPS) is 19.0. The van der Waals surface area contributed by atoms with E-state index in [4.69, 9.17) is 0 Å². The molecule has 0 radical (unpaired) electrons. The number of aromatic nitrogens is 1. The number of piperidine rings is 1. The molecule has 1 aromatic heterocycles. The highest BCUT2D eigenvalue weighted by Gasteiger charge is 2.24. The van der Waals surface area contributed by atoms with Crippen LogP contribution in [0.4, 0.5) is 11.5 Å². The number of para-hydroxylation sites is 1. The van der Waals surface area contributed by atoms with E-state index in [1.165, 1.54) is 37.9 Å². The third-order valence-corrected chi connectivity index (χ3v) is 4.43. The Hall–Kier alpha value is -1.87. The number of likely N-dealkylation sites (tertiary alicyclic amines) is 1. The zero-order valence-corrected chi connectivity index (χ0v) is 14.2. The van der Waals surface area contributed by atoms with E-state index in [2.05, 4.69) is 59.5 Å². The average molecular weight is 309 g/mol. The van der Waals surface area contributed by atoms with Crippen molar-refractivity contribution >= 4 is 11.5 Å². The maximum atomic E-state index is 4.62. The van der Waals surface area contributed by atoms with Gasteiger partial charge in [0.2, 0.25) is 0 Å². The van der Waals surface area contributed by atoms with Gasteiger partial charge < -0.3 is 5.32 Å². The van der Waals surface area contributed by atoms with Gasteiger partial charge in [0.1, 0.15) is 5.82 Å². The van der Waals surface area contributed by atoms with E-state index < -0.39 is 0 Å². The summed E-state index contributed by atoms with van der Waals surface area (Å²) >= 11 is 0. The highest BCUT2D eigenvalue weighted by molar-refractivity contribution is 5.55. The molecule has 1 aromatic carbocycles. The van der Waals surface area contributed by atoms with Gasteiger partial charge in [-0.2, -0.15) is 0 Å². The fraction of sp³-hybridized carbons (Fsp3) is 0.450. The second kappa shape index (κ2) is 7.60. The number of nitrogens with one attached hydrogen (secondary N) is 1. The molecule has 1 saturated heterocycles. The van der Waals surface area contributed by atoms with Crippen LogP contribution in [0.25, 0.3) is 0 Å². The maximum Gasteiger partial charge on any atom is 0.130 e. The summed E-state index contributed by atoms with van der Waals surface area (Å²) < 4.78 is 0. The predicted molar refractivity (Wildman–Crippen MR) is 97.0 cm³/mol. The standard InChI is InChI=1S/C20H27N3/c1-16(2)15-23-13-7-6-10-19(23)17-11-12-20(21-14-17)22-18-8-4-3-5-9-18/h3-5,8-9,11-12,14,16,19H,6-7,10,13,15H2,1-2H3,(H,21,22). The van der Waals surface area contributed by atoms with E-state index in [0.717, 1.165) is 11.5 Å². The Balaban J connectivity index is 1.70. The topological polar surface area (TPSA) is 28.2 Å². The summed E-state index contributed by atoms with van der Waals surface area (Å²) in [6, 6.07) is 15.1. The van der Waals surface area contributed by atoms with E-state index in [-0.39, 0.29) is 0 Å². The first kappa shape index (κ1) is 16.0. The van der Waals surface area contributed by atoms with Crippen molar-refractivity contribution in [2.45, 2.75) is 39.2 Å². The lowest BCUT2D eigenvalue weighted by molar-refractivity contribution is 0.132. The Morgan fingerprint density at radius 3 is 2.65 bits per heavy atom. The average Bonchev–Trinajstić information content (AvgIpc) is 2.57. The number of pyridine rings is 1. The van der Waals surface area contributed by atoms with E-state index in [0.29, 0.717) is 12.0 Å². The van der Waals surface area contributed by atoms with Gasteiger partial charge in [0.15, 0.2) is 0 Å². The molecular formula is C20H27N3. The summed E-state index contributed by atoms with van der Waals surface area (Å²) in [6.07, 6.45) is 5.95. The van der Waals surface area contributed by atoms with Crippen molar-refractivity contribution in [2.75, 3.05) is 18.4 Å². The molecule has 23 heavy (non-hydrogen) atoms. The fourth-order valence-electron chi connectivity index (χ4n) is 3.40. The monoisotopic (exact) mass is 309 g/mol. The number of hydrogen-bond donors (Lipinski definition) is 1. The Morgan fingerprint density at radius 2 is 1.96 bits per heavy atom. The van der Waals surface area contributed by atoms with Gasteiger partial charge in [0.05, 0.1) is 0 Å². The summed E-state index contributed by atoms with van der Waals surface area (Å²) in [6.45, 7) is 7.00. The van der Waals surface area contributed by atoms with Crippen molar-refractivity contribution in [2.24, 2.45) is 5.92 Å². The van der Waals surface area contributed by atoms with Gasteiger partial charge in [-0.05, 0) is 49.1 Å². The number of rotatable bonds is 5. The molecule has 2 aromatic rings. The van der Waals surface area contributed by atoms with Gasteiger partial charge in [-0.15, -0.1) is 0 Å². The highest BCUT2D eigenvalue weighted by Crippen LogP contribution is 2.31. The molecule has 0 saturated carbocycles.